The number of rotatable bonds is 4. The van der Waals surface area contributed by atoms with Crippen LogP contribution in [0.5, 0.6) is 0 Å². The van der Waals surface area contributed by atoms with Crippen LogP contribution in [0.3, 0.4) is 0 Å². The molecule has 0 bridgehead atoms. The van der Waals surface area contributed by atoms with Crippen molar-refractivity contribution in [2.45, 2.75) is 37.4 Å². The van der Waals surface area contributed by atoms with Gasteiger partial charge >= 0.3 is 0 Å². The highest BCUT2D eigenvalue weighted by atomic mass is 79.9. The van der Waals surface area contributed by atoms with E-state index in [1.807, 2.05) is 36.2 Å². The standard InChI is InChI=1S/C16H22BrNO/c1-18(12-14-5-3-2-4-6-14)16(19)15-9-7-13(11-17)8-10-15/h7-10,14H,2-6,11-12H2,1H3. The number of carbonyl (C=O) groups excluding carboxylic acids is 1. The third-order valence-corrected chi connectivity index (χ3v) is 4.61. The Kier molecular flexibility index (Phi) is 5.44. The summed E-state index contributed by atoms with van der Waals surface area (Å²) in [5.41, 5.74) is 1.99. The molecule has 1 fully saturated rings. The Hall–Kier alpha value is -0.830. The van der Waals surface area contributed by atoms with Gasteiger partial charge in [-0.2, -0.15) is 0 Å². The van der Waals surface area contributed by atoms with Gasteiger partial charge in [0, 0.05) is 24.5 Å². The molecule has 1 saturated carbocycles. The molecule has 0 radical (unpaired) electrons. The van der Waals surface area contributed by atoms with Crippen LogP contribution in [0.2, 0.25) is 0 Å². The van der Waals surface area contributed by atoms with E-state index in [0.717, 1.165) is 17.4 Å². The van der Waals surface area contributed by atoms with Crippen LogP contribution in [0.4, 0.5) is 0 Å². The molecule has 1 aromatic rings. The molecule has 0 saturated heterocycles. The van der Waals surface area contributed by atoms with Gasteiger partial charge in [0.05, 0.1) is 0 Å². The molecule has 0 unspecified atom stereocenters. The number of halogens is 1. The van der Waals surface area contributed by atoms with Crippen molar-refractivity contribution in [3.63, 3.8) is 0 Å². The van der Waals surface area contributed by atoms with E-state index < -0.39 is 0 Å². The predicted octanol–water partition coefficient (Wildman–Crippen LogP) is 4.23. The highest BCUT2D eigenvalue weighted by Gasteiger charge is 2.19. The summed E-state index contributed by atoms with van der Waals surface area (Å²) in [4.78, 5) is 14.2. The molecule has 1 amide bonds. The monoisotopic (exact) mass is 323 g/mol. The summed E-state index contributed by atoms with van der Waals surface area (Å²) >= 11 is 3.42. The van der Waals surface area contributed by atoms with Crippen LogP contribution < -0.4 is 0 Å². The van der Waals surface area contributed by atoms with Crippen LogP contribution in [0.1, 0.15) is 48.0 Å². The van der Waals surface area contributed by atoms with Crippen molar-refractivity contribution in [2.75, 3.05) is 13.6 Å². The molecule has 1 aromatic carbocycles. The zero-order valence-corrected chi connectivity index (χ0v) is 13.2. The molecule has 0 aliphatic heterocycles. The van der Waals surface area contributed by atoms with Crippen LogP contribution in [-0.2, 0) is 5.33 Å². The molecule has 1 aliphatic carbocycles. The third kappa shape index (κ3) is 4.07. The fourth-order valence-electron chi connectivity index (χ4n) is 2.80. The molecule has 0 spiro atoms. The lowest BCUT2D eigenvalue weighted by molar-refractivity contribution is 0.0760. The SMILES string of the molecule is CN(CC1CCCCC1)C(=O)c1ccc(CBr)cc1. The molecule has 2 nitrogen and oxygen atoms in total. The molecule has 0 heterocycles. The average molecular weight is 324 g/mol. The van der Waals surface area contributed by atoms with Crippen molar-refractivity contribution in [3.8, 4) is 0 Å². The van der Waals surface area contributed by atoms with Crippen LogP contribution in [0, 0.1) is 5.92 Å². The second-order valence-corrected chi connectivity index (χ2v) is 6.08. The van der Waals surface area contributed by atoms with Gasteiger partial charge in [-0.3, -0.25) is 4.79 Å². The Balaban J connectivity index is 1.93. The largest absolute Gasteiger partial charge is 0.341 e. The van der Waals surface area contributed by atoms with E-state index in [-0.39, 0.29) is 5.91 Å². The predicted molar refractivity (Wildman–Crippen MR) is 82.6 cm³/mol. The quantitative estimate of drug-likeness (QED) is 0.759. The van der Waals surface area contributed by atoms with E-state index in [2.05, 4.69) is 15.9 Å². The first kappa shape index (κ1) is 14.6. The first-order valence-corrected chi connectivity index (χ1v) is 8.23. The van der Waals surface area contributed by atoms with Gasteiger partial charge in [-0.1, -0.05) is 47.3 Å². The molecular weight excluding hydrogens is 302 g/mol. The fourth-order valence-corrected chi connectivity index (χ4v) is 3.17. The topological polar surface area (TPSA) is 20.3 Å². The number of carbonyl (C=O) groups is 1. The van der Waals surface area contributed by atoms with Crippen molar-refractivity contribution in [2.24, 2.45) is 5.92 Å². The van der Waals surface area contributed by atoms with Gasteiger partial charge in [-0.05, 0) is 36.5 Å². The summed E-state index contributed by atoms with van der Waals surface area (Å²) in [6.07, 6.45) is 6.57. The van der Waals surface area contributed by atoms with E-state index in [1.54, 1.807) is 0 Å². The third-order valence-electron chi connectivity index (χ3n) is 3.96. The van der Waals surface area contributed by atoms with Gasteiger partial charge < -0.3 is 4.90 Å². The van der Waals surface area contributed by atoms with Crippen LogP contribution in [0.25, 0.3) is 0 Å². The van der Waals surface area contributed by atoms with Gasteiger partial charge in [0.25, 0.3) is 5.91 Å². The lowest BCUT2D eigenvalue weighted by atomic mass is 9.89. The first-order chi connectivity index (χ1) is 9.20. The van der Waals surface area contributed by atoms with Crippen LogP contribution >= 0.6 is 15.9 Å². The van der Waals surface area contributed by atoms with Gasteiger partial charge in [-0.15, -0.1) is 0 Å². The van der Waals surface area contributed by atoms with E-state index in [0.29, 0.717) is 5.92 Å². The highest BCUT2D eigenvalue weighted by molar-refractivity contribution is 9.08. The van der Waals surface area contributed by atoms with Gasteiger partial charge in [0.15, 0.2) is 0 Å². The molecule has 1 aliphatic rings. The van der Waals surface area contributed by atoms with E-state index in [9.17, 15) is 4.79 Å². The molecule has 19 heavy (non-hydrogen) atoms. The van der Waals surface area contributed by atoms with Gasteiger partial charge in [-0.25, -0.2) is 0 Å². The van der Waals surface area contributed by atoms with Crippen molar-refractivity contribution in [3.05, 3.63) is 35.4 Å². The molecule has 0 N–H and O–H groups in total. The fraction of sp³-hybridized carbons (Fsp3) is 0.562. The van der Waals surface area contributed by atoms with E-state index in [4.69, 9.17) is 0 Å². The van der Waals surface area contributed by atoms with Crippen molar-refractivity contribution >= 4 is 21.8 Å². The maximum Gasteiger partial charge on any atom is 0.253 e. The summed E-state index contributed by atoms with van der Waals surface area (Å²) in [6.45, 7) is 0.902. The Morgan fingerprint density at radius 1 is 1.21 bits per heavy atom. The zero-order chi connectivity index (χ0) is 13.7. The molecule has 104 valence electrons. The summed E-state index contributed by atoms with van der Waals surface area (Å²) in [5, 5.41) is 0.833. The minimum Gasteiger partial charge on any atom is -0.341 e. The lowest BCUT2D eigenvalue weighted by Crippen LogP contribution is -2.32. The average Bonchev–Trinajstić information content (AvgIpc) is 2.47. The Labute approximate surface area is 124 Å². The van der Waals surface area contributed by atoms with Crippen molar-refractivity contribution in [1.82, 2.24) is 4.90 Å². The second-order valence-electron chi connectivity index (χ2n) is 5.52. The molecule has 3 heteroatoms. The van der Waals surface area contributed by atoms with Crippen molar-refractivity contribution < 1.29 is 4.79 Å². The number of amides is 1. The normalized spacial score (nSPS) is 16.3. The summed E-state index contributed by atoms with van der Waals surface area (Å²) in [6, 6.07) is 7.87. The van der Waals surface area contributed by atoms with Crippen LogP contribution in [-0.4, -0.2) is 24.4 Å². The van der Waals surface area contributed by atoms with Crippen LogP contribution in [0.15, 0.2) is 24.3 Å². The maximum atomic E-state index is 12.3. The minimum absolute atomic E-state index is 0.145. The minimum atomic E-state index is 0.145. The summed E-state index contributed by atoms with van der Waals surface area (Å²) < 4.78 is 0. The number of benzene rings is 1. The molecule has 0 atom stereocenters. The van der Waals surface area contributed by atoms with E-state index >= 15 is 0 Å². The smallest absolute Gasteiger partial charge is 0.253 e. The number of alkyl halides is 1. The second kappa shape index (κ2) is 7.09. The Morgan fingerprint density at radius 3 is 2.42 bits per heavy atom. The Bertz CT molecular complexity index is 409. The molecular formula is C16H22BrNO. The molecule has 2 rings (SSSR count). The van der Waals surface area contributed by atoms with E-state index in [1.165, 1.54) is 37.7 Å². The number of hydrogen-bond acceptors (Lipinski definition) is 1. The summed E-state index contributed by atoms with van der Waals surface area (Å²) in [5.74, 6) is 0.844. The maximum absolute atomic E-state index is 12.3. The Morgan fingerprint density at radius 2 is 1.84 bits per heavy atom. The van der Waals surface area contributed by atoms with Crippen molar-refractivity contribution in [1.29, 1.82) is 0 Å². The number of nitrogens with zero attached hydrogens (tertiary/aromatic N) is 1. The first-order valence-electron chi connectivity index (χ1n) is 7.11. The van der Waals surface area contributed by atoms with Gasteiger partial charge in [0.2, 0.25) is 0 Å². The summed E-state index contributed by atoms with van der Waals surface area (Å²) in [7, 11) is 1.93. The van der Waals surface area contributed by atoms with Gasteiger partial charge in [0.1, 0.15) is 0 Å². The zero-order valence-electron chi connectivity index (χ0n) is 11.6. The lowest BCUT2D eigenvalue weighted by Gasteiger charge is -2.27. The molecule has 0 aromatic heterocycles. The highest BCUT2D eigenvalue weighted by Crippen LogP contribution is 2.24. The number of hydrogen-bond donors (Lipinski definition) is 0.